The number of carbonyl (C=O) groups is 1. The lowest BCUT2D eigenvalue weighted by atomic mass is 9.90. The van der Waals surface area contributed by atoms with Crippen molar-refractivity contribution in [3.8, 4) is 0 Å². The zero-order valence-electron chi connectivity index (χ0n) is 12.8. The van der Waals surface area contributed by atoms with E-state index in [0.29, 0.717) is 18.9 Å². The molecule has 0 spiro atoms. The number of rotatable bonds is 5. The lowest BCUT2D eigenvalue weighted by molar-refractivity contribution is -0.132. The van der Waals surface area contributed by atoms with Gasteiger partial charge in [-0.1, -0.05) is 30.3 Å². The molecular weight excluding hydrogens is 276 g/mol. The summed E-state index contributed by atoms with van der Waals surface area (Å²) >= 11 is 0. The molecule has 1 amide bonds. The van der Waals surface area contributed by atoms with Gasteiger partial charge in [-0.25, -0.2) is 4.98 Å². The molecule has 1 aromatic carbocycles. The normalized spacial score (nSPS) is 15.9. The number of benzene rings is 1. The average Bonchev–Trinajstić information content (AvgIpc) is 3.08. The van der Waals surface area contributed by atoms with Crippen LogP contribution >= 0.6 is 0 Å². The fourth-order valence-corrected chi connectivity index (χ4v) is 3.05. The third-order valence-electron chi connectivity index (χ3n) is 4.36. The summed E-state index contributed by atoms with van der Waals surface area (Å²) in [6.45, 7) is 2.38. The average molecular weight is 298 g/mol. The standard InChI is InChI=1S/C17H22N4O/c22-17(8-11-21-14-18-13-19-21)20-9-6-16(7-10-20)12-15-4-2-1-3-5-15/h1-5,13-14,16H,6-12H2. The second kappa shape index (κ2) is 7.20. The van der Waals surface area contributed by atoms with Crippen LogP contribution < -0.4 is 0 Å². The Hall–Kier alpha value is -2.17. The molecule has 2 aromatic rings. The van der Waals surface area contributed by atoms with Crippen LogP contribution in [0.15, 0.2) is 43.0 Å². The summed E-state index contributed by atoms with van der Waals surface area (Å²) in [6, 6.07) is 10.6. The molecule has 22 heavy (non-hydrogen) atoms. The Bertz CT molecular complexity index is 574. The Balaban J connectivity index is 1.42. The quantitative estimate of drug-likeness (QED) is 0.850. The van der Waals surface area contributed by atoms with Crippen molar-refractivity contribution in [3.63, 3.8) is 0 Å². The van der Waals surface area contributed by atoms with E-state index in [0.717, 1.165) is 32.4 Å². The van der Waals surface area contributed by atoms with Gasteiger partial charge in [-0.3, -0.25) is 9.48 Å². The molecule has 1 saturated heterocycles. The second-order valence-corrected chi connectivity index (χ2v) is 5.92. The first-order chi connectivity index (χ1) is 10.8. The number of hydrogen-bond acceptors (Lipinski definition) is 3. The summed E-state index contributed by atoms with van der Waals surface area (Å²) in [4.78, 5) is 18.1. The van der Waals surface area contributed by atoms with E-state index in [9.17, 15) is 4.79 Å². The zero-order valence-corrected chi connectivity index (χ0v) is 12.8. The third-order valence-corrected chi connectivity index (χ3v) is 4.36. The summed E-state index contributed by atoms with van der Waals surface area (Å²) in [6.07, 6.45) is 6.99. The number of carbonyl (C=O) groups excluding carboxylic acids is 1. The molecule has 0 unspecified atom stereocenters. The molecule has 0 atom stereocenters. The summed E-state index contributed by atoms with van der Waals surface area (Å²) in [5.74, 6) is 0.926. The van der Waals surface area contributed by atoms with Crippen LogP contribution in [0.3, 0.4) is 0 Å². The predicted molar refractivity (Wildman–Crippen MR) is 84.1 cm³/mol. The fourth-order valence-electron chi connectivity index (χ4n) is 3.05. The smallest absolute Gasteiger partial charge is 0.224 e. The van der Waals surface area contributed by atoms with Gasteiger partial charge in [0.15, 0.2) is 0 Å². The molecule has 1 fully saturated rings. The molecule has 1 aliphatic rings. The van der Waals surface area contributed by atoms with Gasteiger partial charge in [0.25, 0.3) is 0 Å². The number of amides is 1. The van der Waals surface area contributed by atoms with E-state index < -0.39 is 0 Å². The fraction of sp³-hybridized carbons (Fsp3) is 0.471. The van der Waals surface area contributed by atoms with E-state index in [1.807, 2.05) is 4.90 Å². The van der Waals surface area contributed by atoms with Crippen molar-refractivity contribution >= 4 is 5.91 Å². The lowest BCUT2D eigenvalue weighted by Crippen LogP contribution is -2.39. The van der Waals surface area contributed by atoms with Gasteiger partial charge in [0.05, 0.1) is 6.54 Å². The van der Waals surface area contributed by atoms with Crippen LogP contribution in [0.5, 0.6) is 0 Å². The molecule has 0 N–H and O–H groups in total. The van der Waals surface area contributed by atoms with Gasteiger partial charge in [0.1, 0.15) is 12.7 Å². The van der Waals surface area contributed by atoms with E-state index in [1.54, 1.807) is 11.0 Å². The maximum atomic E-state index is 12.2. The van der Waals surface area contributed by atoms with Gasteiger partial charge in [-0.05, 0) is 30.7 Å². The first kappa shape index (κ1) is 14.8. The molecule has 5 nitrogen and oxygen atoms in total. The summed E-state index contributed by atoms with van der Waals surface area (Å²) in [5.41, 5.74) is 1.40. The van der Waals surface area contributed by atoms with Crippen LogP contribution in [-0.2, 0) is 17.8 Å². The highest BCUT2D eigenvalue weighted by Crippen LogP contribution is 2.22. The van der Waals surface area contributed by atoms with Crippen LogP contribution in [0, 0.1) is 5.92 Å². The number of nitrogens with zero attached hydrogens (tertiary/aromatic N) is 4. The monoisotopic (exact) mass is 298 g/mol. The minimum absolute atomic E-state index is 0.230. The largest absolute Gasteiger partial charge is 0.343 e. The van der Waals surface area contributed by atoms with E-state index in [2.05, 4.69) is 40.4 Å². The highest BCUT2D eigenvalue weighted by atomic mass is 16.2. The van der Waals surface area contributed by atoms with Gasteiger partial charge in [-0.2, -0.15) is 5.10 Å². The minimum atomic E-state index is 0.230. The number of piperidine rings is 1. The van der Waals surface area contributed by atoms with Gasteiger partial charge < -0.3 is 4.90 Å². The Morgan fingerprint density at radius 2 is 1.95 bits per heavy atom. The van der Waals surface area contributed by atoms with Crippen molar-refractivity contribution in [2.75, 3.05) is 13.1 Å². The van der Waals surface area contributed by atoms with Crippen molar-refractivity contribution < 1.29 is 4.79 Å². The Kier molecular flexibility index (Phi) is 4.83. The van der Waals surface area contributed by atoms with Crippen LogP contribution in [-0.4, -0.2) is 38.7 Å². The molecular formula is C17H22N4O. The lowest BCUT2D eigenvalue weighted by Gasteiger charge is -2.32. The van der Waals surface area contributed by atoms with Crippen molar-refractivity contribution in [2.45, 2.75) is 32.2 Å². The number of likely N-dealkylation sites (tertiary alicyclic amines) is 1. The van der Waals surface area contributed by atoms with Crippen molar-refractivity contribution in [2.24, 2.45) is 5.92 Å². The molecule has 116 valence electrons. The molecule has 0 bridgehead atoms. The minimum Gasteiger partial charge on any atom is -0.343 e. The molecule has 3 rings (SSSR count). The van der Waals surface area contributed by atoms with Gasteiger partial charge >= 0.3 is 0 Å². The molecule has 0 aliphatic carbocycles. The first-order valence-corrected chi connectivity index (χ1v) is 7.95. The molecule has 0 radical (unpaired) electrons. The summed E-state index contributed by atoms with van der Waals surface area (Å²) in [5, 5.41) is 4.03. The van der Waals surface area contributed by atoms with Crippen LogP contribution in [0.4, 0.5) is 0 Å². The number of aryl methyl sites for hydroxylation is 1. The van der Waals surface area contributed by atoms with E-state index in [1.165, 1.54) is 11.9 Å². The predicted octanol–water partition coefficient (Wildman–Crippen LogP) is 2.15. The van der Waals surface area contributed by atoms with Gasteiger partial charge in [0.2, 0.25) is 5.91 Å². The topological polar surface area (TPSA) is 51.0 Å². The van der Waals surface area contributed by atoms with Crippen LogP contribution in [0.2, 0.25) is 0 Å². The summed E-state index contributed by atoms with van der Waals surface area (Å²) in [7, 11) is 0. The molecule has 5 heteroatoms. The van der Waals surface area contributed by atoms with Gasteiger partial charge in [-0.15, -0.1) is 0 Å². The van der Waals surface area contributed by atoms with E-state index in [-0.39, 0.29) is 5.91 Å². The molecule has 1 aromatic heterocycles. The van der Waals surface area contributed by atoms with Crippen molar-refractivity contribution in [3.05, 3.63) is 48.5 Å². The highest BCUT2D eigenvalue weighted by molar-refractivity contribution is 5.76. The van der Waals surface area contributed by atoms with Crippen molar-refractivity contribution in [1.82, 2.24) is 19.7 Å². The number of aromatic nitrogens is 3. The first-order valence-electron chi connectivity index (χ1n) is 7.95. The Labute approximate surface area is 131 Å². The Morgan fingerprint density at radius 1 is 1.18 bits per heavy atom. The summed E-state index contributed by atoms with van der Waals surface area (Å²) < 4.78 is 1.71. The molecule has 1 aliphatic heterocycles. The highest BCUT2D eigenvalue weighted by Gasteiger charge is 2.22. The van der Waals surface area contributed by atoms with Gasteiger partial charge in [0, 0.05) is 19.5 Å². The van der Waals surface area contributed by atoms with Crippen LogP contribution in [0.25, 0.3) is 0 Å². The second-order valence-electron chi connectivity index (χ2n) is 5.92. The Morgan fingerprint density at radius 3 is 2.64 bits per heavy atom. The third kappa shape index (κ3) is 3.93. The van der Waals surface area contributed by atoms with E-state index in [4.69, 9.17) is 0 Å². The maximum Gasteiger partial charge on any atom is 0.224 e. The molecule has 0 saturated carbocycles. The zero-order chi connectivity index (χ0) is 15.2. The maximum absolute atomic E-state index is 12.2. The van der Waals surface area contributed by atoms with Crippen molar-refractivity contribution in [1.29, 1.82) is 0 Å². The van der Waals surface area contributed by atoms with E-state index >= 15 is 0 Å². The number of hydrogen-bond donors (Lipinski definition) is 0. The van der Waals surface area contributed by atoms with Crippen LogP contribution in [0.1, 0.15) is 24.8 Å². The SMILES string of the molecule is O=C(CCn1cncn1)N1CCC(Cc2ccccc2)CC1. The molecule has 2 heterocycles.